The summed E-state index contributed by atoms with van der Waals surface area (Å²) in [4.78, 5) is 0. The van der Waals surface area contributed by atoms with Crippen LogP contribution in [0.2, 0.25) is 0 Å². The molecule has 0 aliphatic heterocycles. The lowest BCUT2D eigenvalue weighted by Gasteiger charge is -2.56. The average Bonchev–Trinajstić information content (AvgIpc) is 3.17. The standard InChI is InChI=1S/C24H34F6O2/c1-13-14(2)20-7-18(13)6-19(20)11-22(23(25,26)27,24(28,29)30)32-12-31-21-8-15-3-16(9-21)5-17(4-15)10-21/h13-20H,3-12H2,1-2H3. The summed E-state index contributed by atoms with van der Waals surface area (Å²) in [5.41, 5.74) is -4.77. The SMILES string of the molecule is CC1C2CC(CC(OCOC34CC5CC(CC(C5)C3)C4)(C(F)(F)F)C(F)(F)F)C(C2)C1C. The summed E-state index contributed by atoms with van der Waals surface area (Å²) >= 11 is 0. The fraction of sp³-hybridized carbons (Fsp3) is 1.00. The highest BCUT2D eigenvalue weighted by atomic mass is 19.4. The zero-order valence-electron chi connectivity index (χ0n) is 18.8. The molecule has 6 bridgehead atoms. The Labute approximate surface area is 185 Å². The Hall–Kier alpha value is -0.500. The van der Waals surface area contributed by atoms with Gasteiger partial charge in [0.2, 0.25) is 0 Å². The number of halogens is 6. The van der Waals surface area contributed by atoms with Crippen molar-refractivity contribution in [1.29, 1.82) is 0 Å². The number of ether oxygens (including phenoxy) is 2. The normalized spacial score (nSPS) is 45.8. The highest BCUT2D eigenvalue weighted by molar-refractivity contribution is 5.05. The monoisotopic (exact) mass is 468 g/mol. The average molecular weight is 469 g/mol. The lowest BCUT2D eigenvalue weighted by atomic mass is 9.54. The van der Waals surface area contributed by atoms with Gasteiger partial charge in [0.25, 0.3) is 5.60 Å². The Bertz CT molecular complexity index is 665. The van der Waals surface area contributed by atoms with Crippen molar-refractivity contribution in [1.82, 2.24) is 0 Å². The van der Waals surface area contributed by atoms with E-state index < -0.39 is 42.7 Å². The van der Waals surface area contributed by atoms with Crippen molar-refractivity contribution in [2.24, 2.45) is 47.3 Å². The minimum Gasteiger partial charge on any atom is -0.349 e. The van der Waals surface area contributed by atoms with Crippen LogP contribution < -0.4 is 0 Å². The molecule has 32 heavy (non-hydrogen) atoms. The maximum atomic E-state index is 14.1. The van der Waals surface area contributed by atoms with Gasteiger partial charge in [-0.1, -0.05) is 13.8 Å². The third kappa shape index (κ3) is 3.61. The first-order chi connectivity index (χ1) is 14.8. The molecule has 6 saturated carbocycles. The summed E-state index contributed by atoms with van der Waals surface area (Å²) < 4.78 is 95.4. The Morgan fingerprint density at radius 2 is 1.28 bits per heavy atom. The van der Waals surface area contributed by atoms with Crippen molar-refractivity contribution in [3.8, 4) is 0 Å². The summed E-state index contributed by atoms with van der Waals surface area (Å²) in [5, 5.41) is 0. The molecule has 6 rings (SSSR count). The van der Waals surface area contributed by atoms with Crippen LogP contribution in [0.3, 0.4) is 0 Å². The molecule has 6 aliphatic carbocycles. The molecular formula is C24H34F6O2. The minimum atomic E-state index is -5.55. The van der Waals surface area contributed by atoms with Crippen LogP contribution in [0.25, 0.3) is 0 Å². The molecular weight excluding hydrogens is 434 g/mol. The molecule has 6 fully saturated rings. The second-order valence-corrected chi connectivity index (χ2v) is 11.9. The zero-order valence-corrected chi connectivity index (χ0v) is 18.8. The lowest BCUT2D eigenvalue weighted by molar-refractivity contribution is -0.404. The molecule has 2 nitrogen and oxygen atoms in total. The fourth-order valence-electron chi connectivity index (χ4n) is 8.78. The van der Waals surface area contributed by atoms with E-state index in [2.05, 4.69) is 6.92 Å². The third-order valence-corrected chi connectivity index (χ3v) is 10.2. The highest BCUT2D eigenvalue weighted by Crippen LogP contribution is 2.61. The molecule has 6 aliphatic rings. The van der Waals surface area contributed by atoms with Crippen molar-refractivity contribution < 1.29 is 35.8 Å². The van der Waals surface area contributed by atoms with Gasteiger partial charge in [-0.2, -0.15) is 26.3 Å². The van der Waals surface area contributed by atoms with Crippen LogP contribution in [0.1, 0.15) is 71.6 Å². The summed E-state index contributed by atoms with van der Waals surface area (Å²) in [7, 11) is 0. The van der Waals surface area contributed by atoms with Crippen LogP contribution in [-0.4, -0.2) is 30.3 Å². The van der Waals surface area contributed by atoms with Gasteiger partial charge in [-0.15, -0.1) is 0 Å². The van der Waals surface area contributed by atoms with Crippen LogP contribution in [0.4, 0.5) is 26.3 Å². The number of hydrogen-bond acceptors (Lipinski definition) is 2. The zero-order chi connectivity index (χ0) is 23.1. The van der Waals surface area contributed by atoms with Gasteiger partial charge < -0.3 is 9.47 Å². The quantitative estimate of drug-likeness (QED) is 0.305. The first-order valence-electron chi connectivity index (χ1n) is 12.2. The van der Waals surface area contributed by atoms with Gasteiger partial charge in [0.1, 0.15) is 6.79 Å². The second kappa shape index (κ2) is 7.50. The van der Waals surface area contributed by atoms with E-state index in [0.717, 1.165) is 44.9 Å². The second-order valence-electron chi connectivity index (χ2n) is 11.9. The van der Waals surface area contributed by atoms with Gasteiger partial charge in [-0.3, -0.25) is 0 Å². The van der Waals surface area contributed by atoms with Gasteiger partial charge >= 0.3 is 12.4 Å². The molecule has 0 aromatic rings. The van der Waals surface area contributed by atoms with Gasteiger partial charge in [-0.25, -0.2) is 0 Å². The van der Waals surface area contributed by atoms with E-state index in [-0.39, 0.29) is 17.8 Å². The topological polar surface area (TPSA) is 18.5 Å². The van der Waals surface area contributed by atoms with Crippen molar-refractivity contribution >= 4 is 0 Å². The minimum absolute atomic E-state index is 0.105. The van der Waals surface area contributed by atoms with Crippen molar-refractivity contribution in [2.45, 2.75) is 95.2 Å². The third-order valence-electron chi connectivity index (χ3n) is 10.2. The summed E-state index contributed by atoms with van der Waals surface area (Å²) in [6.45, 7) is 3.07. The molecule has 0 saturated heterocycles. The van der Waals surface area contributed by atoms with Crippen LogP contribution in [0.15, 0.2) is 0 Å². The van der Waals surface area contributed by atoms with Crippen molar-refractivity contribution in [3.63, 3.8) is 0 Å². The maximum Gasteiger partial charge on any atom is 0.426 e. The molecule has 5 unspecified atom stereocenters. The van der Waals surface area contributed by atoms with E-state index in [1.54, 1.807) is 0 Å². The molecule has 0 aromatic heterocycles. The van der Waals surface area contributed by atoms with Gasteiger partial charge in [0.05, 0.1) is 5.60 Å². The van der Waals surface area contributed by atoms with Crippen LogP contribution in [0.5, 0.6) is 0 Å². The van der Waals surface area contributed by atoms with E-state index in [1.165, 1.54) is 0 Å². The number of hydrogen-bond donors (Lipinski definition) is 0. The number of fused-ring (bicyclic) bond motifs is 2. The first-order valence-corrected chi connectivity index (χ1v) is 12.2. The summed E-state index contributed by atoms with van der Waals surface area (Å²) in [6, 6.07) is 0. The molecule has 0 radical (unpaired) electrons. The van der Waals surface area contributed by atoms with Crippen molar-refractivity contribution in [3.05, 3.63) is 0 Å². The van der Waals surface area contributed by atoms with E-state index >= 15 is 0 Å². The van der Waals surface area contributed by atoms with E-state index in [1.807, 2.05) is 6.92 Å². The Balaban J connectivity index is 1.33. The van der Waals surface area contributed by atoms with Crippen molar-refractivity contribution in [2.75, 3.05) is 6.79 Å². The number of alkyl halides is 6. The molecule has 0 spiro atoms. The van der Waals surface area contributed by atoms with Gasteiger partial charge in [0.15, 0.2) is 0 Å². The summed E-state index contributed by atoms with van der Waals surface area (Å²) in [6.07, 6.45) is -5.48. The molecule has 184 valence electrons. The van der Waals surface area contributed by atoms with Crippen LogP contribution in [0, 0.1) is 47.3 Å². The Morgan fingerprint density at radius 3 is 1.72 bits per heavy atom. The highest BCUT2D eigenvalue weighted by Gasteiger charge is 2.73. The smallest absolute Gasteiger partial charge is 0.349 e. The van der Waals surface area contributed by atoms with E-state index in [9.17, 15) is 26.3 Å². The lowest BCUT2D eigenvalue weighted by Crippen LogP contribution is -2.61. The maximum absolute atomic E-state index is 14.1. The fourth-order valence-corrected chi connectivity index (χ4v) is 8.78. The molecule has 0 N–H and O–H groups in total. The first kappa shape index (κ1) is 23.3. The predicted molar refractivity (Wildman–Crippen MR) is 105 cm³/mol. The largest absolute Gasteiger partial charge is 0.426 e. The Kier molecular flexibility index (Phi) is 5.45. The van der Waals surface area contributed by atoms with Crippen LogP contribution >= 0.6 is 0 Å². The predicted octanol–water partition coefficient (Wildman–Crippen LogP) is 7.13. The molecule has 0 aromatic carbocycles. The molecule has 5 atom stereocenters. The molecule has 0 heterocycles. The van der Waals surface area contributed by atoms with Gasteiger partial charge in [0, 0.05) is 0 Å². The van der Waals surface area contributed by atoms with Crippen LogP contribution in [-0.2, 0) is 9.47 Å². The Morgan fingerprint density at radius 1 is 0.750 bits per heavy atom. The van der Waals surface area contributed by atoms with Gasteiger partial charge in [-0.05, 0) is 105 Å². The van der Waals surface area contributed by atoms with E-state index in [4.69, 9.17) is 9.47 Å². The molecule has 8 heteroatoms. The summed E-state index contributed by atoms with van der Waals surface area (Å²) in [5.74, 6) is 1.41. The number of rotatable bonds is 6. The molecule has 0 amide bonds. The van der Waals surface area contributed by atoms with E-state index in [0.29, 0.717) is 30.1 Å².